The molecular formula is C11H24B2O19P4. The van der Waals surface area contributed by atoms with Crippen LogP contribution in [0.25, 0.3) is 0 Å². The van der Waals surface area contributed by atoms with E-state index in [1.54, 1.807) is 0 Å². The zero-order valence-corrected chi connectivity index (χ0v) is 21.8. The first-order chi connectivity index (χ1) is 16.2. The summed E-state index contributed by atoms with van der Waals surface area (Å²) in [5.74, 6) is 0. The van der Waals surface area contributed by atoms with Crippen LogP contribution in [0.1, 0.15) is 6.92 Å². The Balaban J connectivity index is 2.72. The Hall–Kier alpha value is 0.450. The van der Waals surface area contributed by atoms with E-state index in [9.17, 15) is 53.2 Å². The van der Waals surface area contributed by atoms with E-state index < -0.39 is 93.6 Å². The topological polar surface area (TPSA) is 295 Å². The van der Waals surface area contributed by atoms with Gasteiger partial charge in [0.25, 0.3) is 0 Å². The molecule has 25 heteroatoms. The van der Waals surface area contributed by atoms with Gasteiger partial charge in [-0.1, -0.05) is 0 Å². The number of aliphatic hydroxyl groups excluding tert-OH is 4. The third kappa shape index (κ3) is 12.1. The third-order valence-corrected chi connectivity index (χ3v) is 9.73. The number of ether oxygens (including phenoxy) is 2. The molecule has 1 fully saturated rings. The molecule has 0 aliphatic carbocycles. The van der Waals surface area contributed by atoms with Crippen LogP contribution >= 0.6 is 31.3 Å². The van der Waals surface area contributed by atoms with Crippen LogP contribution in [0.2, 0.25) is 0 Å². The number of hydrogen-bond donors (Lipinski definition) is 8. The molecule has 0 spiro atoms. The highest BCUT2D eigenvalue weighted by molar-refractivity contribution is 7.69. The van der Waals surface area contributed by atoms with Crippen molar-refractivity contribution in [2.45, 2.75) is 49.5 Å². The van der Waals surface area contributed by atoms with Crippen molar-refractivity contribution >= 4 is 47.0 Å². The van der Waals surface area contributed by atoms with E-state index >= 15 is 0 Å². The molecule has 1 heterocycles. The van der Waals surface area contributed by atoms with Crippen molar-refractivity contribution in [3.05, 3.63) is 0 Å². The van der Waals surface area contributed by atoms with Crippen LogP contribution < -0.4 is 0 Å². The second-order valence-corrected chi connectivity index (χ2v) is 13.2. The Kier molecular flexibility index (Phi) is 13.1. The largest absolute Gasteiger partial charge is 0.490 e. The maximum absolute atomic E-state index is 11.9. The molecular weight excluding hydrogens is 582 g/mol. The van der Waals surface area contributed by atoms with Gasteiger partial charge in [-0.3, -0.25) is 9.05 Å². The van der Waals surface area contributed by atoms with E-state index in [1.807, 2.05) is 0 Å². The molecule has 0 aromatic heterocycles. The molecule has 1 saturated heterocycles. The van der Waals surface area contributed by atoms with Crippen LogP contribution in [-0.4, -0.2) is 118 Å². The van der Waals surface area contributed by atoms with Gasteiger partial charge in [0, 0.05) is 12.0 Å². The van der Waals surface area contributed by atoms with Crippen LogP contribution in [0, 0.1) is 0 Å². The minimum atomic E-state index is -6.06. The van der Waals surface area contributed by atoms with Crippen molar-refractivity contribution in [3.63, 3.8) is 0 Å². The van der Waals surface area contributed by atoms with Gasteiger partial charge in [0.1, 0.15) is 40.1 Å². The summed E-state index contributed by atoms with van der Waals surface area (Å²) in [5, 5.41) is 37.6. The second-order valence-electron chi connectivity index (χ2n) is 6.96. The normalized spacial score (nSPS) is 31.9. The zero-order valence-electron chi connectivity index (χ0n) is 18.2. The first-order valence-electron chi connectivity index (χ1n) is 9.40. The average Bonchev–Trinajstić information content (AvgIpc) is 2.92. The lowest BCUT2D eigenvalue weighted by Gasteiger charge is -2.25. The Bertz CT molecular complexity index is 905. The fraction of sp³-hybridized carbons (Fsp3) is 1.00. The van der Waals surface area contributed by atoms with Crippen molar-refractivity contribution in [2.24, 2.45) is 0 Å². The Morgan fingerprint density at radius 2 is 1.36 bits per heavy atom. The monoisotopic (exact) mass is 606 g/mol. The SMILES string of the molecule is [B][C@@H]1O[C@H](COP(=O)(O)OP(=O)(O)OP(=O)(O)OP(=O)(O)OC[C@@H](O[C@@H]([B])C)C(O)CO)C(O)C1O. The van der Waals surface area contributed by atoms with Crippen LogP contribution in [0.15, 0.2) is 0 Å². The average molecular weight is 606 g/mol. The standard InChI is InChI=1S/C11H24B2O19P4/c1-5(12)28-7(6(15)2-14)3-26-33(18,19)30-35(22,23)32-36(24,25)31-34(20,21)27-4-8-9(16)10(17)11(13)29-8/h5-11,14-17H,2-4H2,1H3,(H,18,19)(H,20,21)(H,22,23)(H,24,25)/t5-,6?,7-,8-,9?,10?,11-/m1/s1. The Morgan fingerprint density at radius 3 is 1.78 bits per heavy atom. The molecule has 1 aliphatic rings. The smallest absolute Gasteiger partial charge is 0.394 e. The van der Waals surface area contributed by atoms with E-state index in [0.717, 1.165) is 0 Å². The predicted octanol–water partition coefficient (Wildman–Crippen LogP) is -2.66. The highest BCUT2D eigenvalue weighted by Gasteiger charge is 2.47. The number of aliphatic hydroxyl groups is 4. The van der Waals surface area contributed by atoms with Gasteiger partial charge in [0.05, 0.1) is 25.9 Å². The van der Waals surface area contributed by atoms with Crippen LogP contribution in [0.3, 0.4) is 0 Å². The van der Waals surface area contributed by atoms with Gasteiger partial charge in [0.2, 0.25) is 0 Å². The number of phosphoric acid groups is 4. The zero-order chi connectivity index (χ0) is 28.1. The molecule has 19 nitrogen and oxygen atoms in total. The van der Waals surface area contributed by atoms with E-state index in [4.69, 9.17) is 30.3 Å². The van der Waals surface area contributed by atoms with Crippen molar-refractivity contribution < 1.29 is 89.7 Å². The molecule has 1 rings (SSSR count). The van der Waals surface area contributed by atoms with Crippen LogP contribution in [-0.2, 0) is 49.7 Å². The summed E-state index contributed by atoms with van der Waals surface area (Å²) in [4.78, 5) is 38.0. The molecule has 8 N–H and O–H groups in total. The van der Waals surface area contributed by atoms with Gasteiger partial charge in [-0.25, -0.2) is 18.3 Å². The Labute approximate surface area is 206 Å². The van der Waals surface area contributed by atoms with Gasteiger partial charge in [-0.2, -0.15) is 12.9 Å². The first-order valence-corrected chi connectivity index (χ1v) is 15.4. The molecule has 208 valence electrons. The quantitative estimate of drug-likeness (QED) is 0.0657. The molecule has 36 heavy (non-hydrogen) atoms. The molecule has 7 unspecified atom stereocenters. The summed E-state index contributed by atoms with van der Waals surface area (Å²) in [7, 11) is -12.7. The van der Waals surface area contributed by atoms with Gasteiger partial charge in [-0.15, -0.1) is 0 Å². The van der Waals surface area contributed by atoms with E-state index in [-0.39, 0.29) is 0 Å². The van der Waals surface area contributed by atoms with Gasteiger partial charge in [0.15, 0.2) is 0 Å². The van der Waals surface area contributed by atoms with E-state index in [1.165, 1.54) is 6.92 Å². The summed E-state index contributed by atoms with van der Waals surface area (Å²) < 4.78 is 76.9. The van der Waals surface area contributed by atoms with Crippen molar-refractivity contribution in [3.8, 4) is 0 Å². The number of rotatable bonds is 16. The minimum absolute atomic E-state index is 0.910. The molecule has 0 aromatic carbocycles. The molecule has 0 bridgehead atoms. The molecule has 11 atom stereocenters. The summed E-state index contributed by atoms with van der Waals surface area (Å²) in [6.45, 7) is -1.72. The third-order valence-electron chi connectivity index (χ3n) is 3.83. The van der Waals surface area contributed by atoms with Crippen LogP contribution in [0.4, 0.5) is 0 Å². The van der Waals surface area contributed by atoms with Crippen molar-refractivity contribution in [1.29, 1.82) is 0 Å². The predicted molar refractivity (Wildman–Crippen MR) is 114 cm³/mol. The van der Waals surface area contributed by atoms with Crippen molar-refractivity contribution in [1.82, 2.24) is 0 Å². The lowest BCUT2D eigenvalue weighted by molar-refractivity contribution is -0.0846. The highest BCUT2D eigenvalue weighted by Crippen LogP contribution is 2.71. The maximum Gasteiger partial charge on any atom is 0.490 e. The van der Waals surface area contributed by atoms with E-state index in [0.29, 0.717) is 0 Å². The molecule has 0 aromatic rings. The Morgan fingerprint density at radius 1 is 0.889 bits per heavy atom. The van der Waals surface area contributed by atoms with Gasteiger partial charge < -0.3 is 49.5 Å². The van der Waals surface area contributed by atoms with Crippen LogP contribution in [0.5, 0.6) is 0 Å². The fourth-order valence-corrected chi connectivity index (χ4v) is 7.31. The number of hydrogen-bond acceptors (Lipinski definition) is 15. The summed E-state index contributed by atoms with van der Waals surface area (Å²) in [6.07, 6.45) is -7.99. The summed E-state index contributed by atoms with van der Waals surface area (Å²) in [5.41, 5.74) is 0. The van der Waals surface area contributed by atoms with E-state index in [2.05, 4.69) is 22.0 Å². The van der Waals surface area contributed by atoms with Gasteiger partial charge in [-0.05, 0) is 6.92 Å². The molecule has 4 radical (unpaired) electrons. The first kappa shape index (κ1) is 34.5. The summed E-state index contributed by atoms with van der Waals surface area (Å²) >= 11 is 0. The molecule has 1 aliphatic heterocycles. The van der Waals surface area contributed by atoms with Crippen molar-refractivity contribution in [2.75, 3.05) is 19.8 Å². The summed E-state index contributed by atoms with van der Waals surface area (Å²) in [6, 6.07) is -2.45. The molecule has 0 amide bonds. The van der Waals surface area contributed by atoms with Gasteiger partial charge >= 0.3 is 31.3 Å². The maximum atomic E-state index is 11.9. The minimum Gasteiger partial charge on any atom is -0.394 e. The lowest BCUT2D eigenvalue weighted by atomic mass is 9.93. The molecule has 0 saturated carbocycles. The number of phosphoric ester groups is 2. The lowest BCUT2D eigenvalue weighted by Crippen LogP contribution is -2.38. The highest BCUT2D eigenvalue weighted by atomic mass is 31.3. The fourth-order valence-electron chi connectivity index (χ4n) is 2.35. The second kappa shape index (κ2) is 13.7.